The third-order valence-electron chi connectivity index (χ3n) is 3.11. The van der Waals surface area contributed by atoms with Crippen LogP contribution >= 0.6 is 0 Å². The molecular weight excluding hydrogens is 276 g/mol. The van der Waals surface area contributed by atoms with E-state index in [1.807, 2.05) is 37.3 Å². The number of ether oxygens (including phenoxy) is 1. The van der Waals surface area contributed by atoms with E-state index in [1.165, 1.54) is 5.56 Å². The van der Waals surface area contributed by atoms with Crippen molar-refractivity contribution in [1.29, 1.82) is 0 Å². The Morgan fingerprint density at radius 3 is 2.82 bits per heavy atom. The second-order valence-electron chi connectivity index (χ2n) is 4.76. The fourth-order valence-electron chi connectivity index (χ4n) is 2.02. The van der Waals surface area contributed by atoms with Crippen LogP contribution in [0.15, 0.2) is 53.7 Å². The van der Waals surface area contributed by atoms with Crippen molar-refractivity contribution in [2.75, 3.05) is 13.2 Å². The quantitative estimate of drug-likeness (QED) is 0.607. The molecule has 116 valence electrons. The van der Waals surface area contributed by atoms with Gasteiger partial charge in [0.15, 0.2) is 5.96 Å². The highest BCUT2D eigenvalue weighted by atomic mass is 16.5. The van der Waals surface area contributed by atoms with Crippen LogP contribution in [0.5, 0.6) is 5.88 Å². The Bertz CT molecular complexity index is 599. The molecule has 0 spiro atoms. The van der Waals surface area contributed by atoms with Crippen LogP contribution in [0.1, 0.15) is 18.1 Å². The summed E-state index contributed by atoms with van der Waals surface area (Å²) < 4.78 is 5.47. The van der Waals surface area contributed by atoms with E-state index in [2.05, 4.69) is 27.4 Å². The monoisotopic (exact) mass is 298 g/mol. The van der Waals surface area contributed by atoms with Crippen molar-refractivity contribution in [3.05, 3.63) is 59.8 Å². The number of hydrogen-bond acceptors (Lipinski definition) is 3. The van der Waals surface area contributed by atoms with Crippen molar-refractivity contribution in [2.45, 2.75) is 19.9 Å². The number of hydrogen-bond donors (Lipinski definition) is 2. The van der Waals surface area contributed by atoms with Crippen LogP contribution in [-0.2, 0) is 13.0 Å². The molecule has 0 saturated carbocycles. The van der Waals surface area contributed by atoms with Gasteiger partial charge in [-0.1, -0.05) is 36.4 Å². The third kappa shape index (κ3) is 5.09. The minimum atomic E-state index is 0.433. The zero-order valence-electron chi connectivity index (χ0n) is 12.8. The number of nitrogens with one attached hydrogen (secondary N) is 1. The Hall–Kier alpha value is -2.56. The van der Waals surface area contributed by atoms with Crippen LogP contribution in [-0.4, -0.2) is 24.1 Å². The summed E-state index contributed by atoms with van der Waals surface area (Å²) >= 11 is 0. The molecule has 0 atom stereocenters. The first-order valence-corrected chi connectivity index (χ1v) is 7.44. The number of nitrogens with two attached hydrogens (primary N) is 1. The number of aliphatic imine (C=N–C) groups is 1. The first-order chi connectivity index (χ1) is 10.8. The lowest BCUT2D eigenvalue weighted by Gasteiger charge is -2.08. The standard InChI is InChI=1S/C17H22N4O/c1-2-22-16-15(9-6-11-19-16)13-21-17(18)20-12-10-14-7-4-3-5-8-14/h3-9,11H,2,10,12-13H2,1H3,(H3,18,20,21). The fourth-order valence-corrected chi connectivity index (χ4v) is 2.02. The number of benzene rings is 1. The summed E-state index contributed by atoms with van der Waals surface area (Å²) in [5, 5.41) is 3.12. The first kappa shape index (κ1) is 15.8. The normalized spacial score (nSPS) is 11.2. The van der Waals surface area contributed by atoms with Gasteiger partial charge < -0.3 is 15.8 Å². The van der Waals surface area contributed by atoms with E-state index in [9.17, 15) is 0 Å². The predicted molar refractivity (Wildman–Crippen MR) is 88.9 cm³/mol. The van der Waals surface area contributed by atoms with Gasteiger partial charge in [-0.2, -0.15) is 0 Å². The van der Waals surface area contributed by atoms with E-state index in [-0.39, 0.29) is 0 Å². The first-order valence-electron chi connectivity index (χ1n) is 7.44. The molecule has 0 aliphatic rings. The summed E-state index contributed by atoms with van der Waals surface area (Å²) in [6, 6.07) is 14.1. The molecule has 2 aromatic rings. The molecule has 5 heteroatoms. The average molecular weight is 298 g/mol. The van der Waals surface area contributed by atoms with Crippen molar-refractivity contribution in [2.24, 2.45) is 10.7 Å². The number of guanidine groups is 1. The van der Waals surface area contributed by atoms with Gasteiger partial charge in [0.25, 0.3) is 0 Å². The Labute approximate surface area is 131 Å². The zero-order chi connectivity index (χ0) is 15.6. The van der Waals surface area contributed by atoms with Crippen molar-refractivity contribution < 1.29 is 4.74 Å². The number of aromatic nitrogens is 1. The van der Waals surface area contributed by atoms with Crippen molar-refractivity contribution >= 4 is 5.96 Å². The van der Waals surface area contributed by atoms with Gasteiger partial charge in [-0.3, -0.25) is 0 Å². The average Bonchev–Trinajstić information content (AvgIpc) is 2.55. The largest absolute Gasteiger partial charge is 0.478 e. The number of pyridine rings is 1. The lowest BCUT2D eigenvalue weighted by molar-refractivity contribution is 0.323. The molecule has 3 N–H and O–H groups in total. The van der Waals surface area contributed by atoms with E-state index in [4.69, 9.17) is 10.5 Å². The lowest BCUT2D eigenvalue weighted by atomic mass is 10.1. The summed E-state index contributed by atoms with van der Waals surface area (Å²) in [7, 11) is 0. The minimum Gasteiger partial charge on any atom is -0.478 e. The van der Waals surface area contributed by atoms with Gasteiger partial charge in [0.2, 0.25) is 5.88 Å². The summed E-state index contributed by atoms with van der Waals surface area (Å²) in [4.78, 5) is 8.53. The molecule has 0 amide bonds. The SMILES string of the molecule is CCOc1ncccc1CN=C(N)NCCc1ccccc1. The number of nitrogens with zero attached hydrogens (tertiary/aromatic N) is 2. The smallest absolute Gasteiger partial charge is 0.218 e. The molecule has 0 aliphatic carbocycles. The van der Waals surface area contributed by atoms with Crippen molar-refractivity contribution in [3.63, 3.8) is 0 Å². The van der Waals surface area contributed by atoms with Crippen LogP contribution in [0.3, 0.4) is 0 Å². The lowest BCUT2D eigenvalue weighted by Crippen LogP contribution is -2.33. The molecule has 0 unspecified atom stereocenters. The Kier molecular flexibility index (Phi) is 6.23. The van der Waals surface area contributed by atoms with E-state index >= 15 is 0 Å². The molecule has 0 fully saturated rings. The van der Waals surface area contributed by atoms with E-state index in [0.717, 1.165) is 18.5 Å². The van der Waals surface area contributed by atoms with Gasteiger partial charge in [-0.15, -0.1) is 0 Å². The maximum absolute atomic E-state index is 5.89. The van der Waals surface area contributed by atoms with Crippen molar-refractivity contribution in [1.82, 2.24) is 10.3 Å². The zero-order valence-corrected chi connectivity index (χ0v) is 12.8. The van der Waals surface area contributed by atoms with Gasteiger partial charge in [0.1, 0.15) is 0 Å². The second-order valence-corrected chi connectivity index (χ2v) is 4.76. The molecule has 5 nitrogen and oxygen atoms in total. The van der Waals surface area contributed by atoms with Crippen molar-refractivity contribution in [3.8, 4) is 5.88 Å². The molecule has 1 heterocycles. The Morgan fingerprint density at radius 1 is 1.23 bits per heavy atom. The Balaban J connectivity index is 1.82. The maximum Gasteiger partial charge on any atom is 0.218 e. The van der Waals surface area contributed by atoms with Gasteiger partial charge in [-0.05, 0) is 25.0 Å². The molecule has 1 aromatic carbocycles. The summed E-state index contributed by atoms with van der Waals surface area (Å²) in [5.41, 5.74) is 8.09. The third-order valence-corrected chi connectivity index (χ3v) is 3.11. The predicted octanol–water partition coefficient (Wildman–Crippen LogP) is 2.13. The van der Waals surface area contributed by atoms with Crippen LogP contribution in [0.25, 0.3) is 0 Å². The van der Waals surface area contributed by atoms with Crippen LogP contribution in [0.2, 0.25) is 0 Å². The second kappa shape index (κ2) is 8.67. The molecule has 1 aromatic heterocycles. The van der Waals surface area contributed by atoms with Gasteiger partial charge >= 0.3 is 0 Å². The maximum atomic E-state index is 5.89. The molecule has 0 radical (unpaired) electrons. The van der Waals surface area contributed by atoms with E-state index < -0.39 is 0 Å². The fraction of sp³-hybridized carbons (Fsp3) is 0.294. The molecule has 0 bridgehead atoms. The highest BCUT2D eigenvalue weighted by molar-refractivity contribution is 5.77. The highest BCUT2D eigenvalue weighted by Gasteiger charge is 2.03. The number of rotatable bonds is 7. The summed E-state index contributed by atoms with van der Waals surface area (Å²) in [5.74, 6) is 1.05. The Morgan fingerprint density at radius 2 is 2.05 bits per heavy atom. The molecular formula is C17H22N4O. The summed E-state index contributed by atoms with van der Waals surface area (Å²) in [6.45, 7) is 3.72. The van der Waals surface area contributed by atoms with E-state index in [0.29, 0.717) is 25.0 Å². The topological polar surface area (TPSA) is 72.5 Å². The minimum absolute atomic E-state index is 0.433. The van der Waals surface area contributed by atoms with Gasteiger partial charge in [-0.25, -0.2) is 9.98 Å². The molecule has 0 saturated heterocycles. The molecule has 2 rings (SSSR count). The van der Waals surface area contributed by atoms with Gasteiger partial charge in [0, 0.05) is 18.3 Å². The summed E-state index contributed by atoms with van der Waals surface area (Å²) in [6.07, 6.45) is 2.62. The van der Waals surface area contributed by atoms with Crippen LogP contribution in [0.4, 0.5) is 0 Å². The van der Waals surface area contributed by atoms with Gasteiger partial charge in [0.05, 0.1) is 13.2 Å². The van der Waals surface area contributed by atoms with E-state index in [1.54, 1.807) is 6.20 Å². The highest BCUT2D eigenvalue weighted by Crippen LogP contribution is 2.14. The van der Waals surface area contributed by atoms with Crippen LogP contribution < -0.4 is 15.8 Å². The molecule has 22 heavy (non-hydrogen) atoms. The molecule has 0 aliphatic heterocycles. The van der Waals surface area contributed by atoms with Crippen LogP contribution in [0, 0.1) is 0 Å².